The maximum absolute atomic E-state index is 13.9. The Kier molecular flexibility index (Phi) is 4.51. The van der Waals surface area contributed by atoms with E-state index in [9.17, 15) is 14.4 Å². The van der Waals surface area contributed by atoms with Crippen molar-refractivity contribution in [2.24, 2.45) is 0 Å². The van der Waals surface area contributed by atoms with Crippen molar-refractivity contribution in [2.75, 3.05) is 4.90 Å². The Morgan fingerprint density at radius 2 is 1.48 bits per heavy atom. The van der Waals surface area contributed by atoms with Crippen LogP contribution in [0.4, 0.5) is 5.69 Å². The van der Waals surface area contributed by atoms with Crippen LogP contribution >= 0.6 is 32.9 Å². The van der Waals surface area contributed by atoms with Crippen molar-refractivity contribution >= 4 is 56.3 Å². The smallest absolute Gasteiger partial charge is 0.262 e. The Labute approximate surface area is 191 Å². The highest BCUT2D eigenvalue weighted by Gasteiger charge is 2.48. The van der Waals surface area contributed by atoms with Crippen LogP contribution in [0.1, 0.15) is 46.4 Å². The lowest BCUT2D eigenvalue weighted by molar-refractivity contribution is -0.123. The molecule has 0 spiro atoms. The first-order valence-corrected chi connectivity index (χ1v) is 12.3. The lowest BCUT2D eigenvalue weighted by atomic mass is 9.87. The Hall–Kier alpha value is -2.68. The molecule has 0 N–H and O–H groups in total. The van der Waals surface area contributed by atoms with Crippen LogP contribution in [0, 0.1) is 3.82 Å². The number of carbonyl (C=O) groups is 3. The number of fused-ring (bicyclic) bond motifs is 4. The van der Waals surface area contributed by atoms with Crippen LogP contribution in [0.2, 0.25) is 0 Å². The average Bonchev–Trinajstić information content (AvgIpc) is 3.26. The van der Waals surface area contributed by atoms with Gasteiger partial charge in [0.15, 0.2) is 0 Å². The molecule has 2 aliphatic rings. The molecule has 0 radical (unpaired) electrons. The van der Waals surface area contributed by atoms with Crippen LogP contribution in [-0.2, 0) is 10.3 Å². The van der Waals surface area contributed by atoms with Gasteiger partial charge in [-0.3, -0.25) is 24.2 Å². The topological polar surface area (TPSA) is 57.7 Å². The number of imide groups is 1. The van der Waals surface area contributed by atoms with E-state index >= 15 is 0 Å². The van der Waals surface area contributed by atoms with Crippen LogP contribution in [-0.4, -0.2) is 28.7 Å². The fourth-order valence-electron chi connectivity index (χ4n) is 4.43. The van der Waals surface area contributed by atoms with Crippen molar-refractivity contribution in [2.45, 2.75) is 32.4 Å². The molecule has 0 bridgehead atoms. The predicted octanol–water partition coefficient (Wildman–Crippen LogP) is 5.47. The highest BCUT2D eigenvalue weighted by atomic mass is 32.9. The van der Waals surface area contributed by atoms with E-state index < -0.39 is 23.4 Å². The van der Waals surface area contributed by atoms with Gasteiger partial charge in [0, 0.05) is 11.1 Å². The van der Waals surface area contributed by atoms with Crippen LogP contribution in [0.15, 0.2) is 48.5 Å². The summed E-state index contributed by atoms with van der Waals surface area (Å²) in [6.45, 7) is 5.58. The zero-order valence-electron chi connectivity index (χ0n) is 17.0. The Bertz CT molecular complexity index is 1300. The van der Waals surface area contributed by atoms with Crippen molar-refractivity contribution in [3.05, 3.63) is 68.4 Å². The molecule has 5 rings (SSSR count). The van der Waals surface area contributed by atoms with Crippen LogP contribution in [0.25, 0.3) is 11.1 Å². The summed E-state index contributed by atoms with van der Waals surface area (Å²) in [4.78, 5) is 43.6. The molecule has 31 heavy (non-hydrogen) atoms. The monoisotopic (exact) mass is 466 g/mol. The van der Waals surface area contributed by atoms with Gasteiger partial charge < -0.3 is 0 Å². The summed E-state index contributed by atoms with van der Waals surface area (Å²) in [5.74, 6) is -1.17. The third-order valence-corrected chi connectivity index (χ3v) is 9.28. The van der Waals surface area contributed by atoms with E-state index in [0.717, 1.165) is 30.4 Å². The Morgan fingerprint density at radius 3 is 2.10 bits per heavy atom. The minimum Gasteiger partial charge on any atom is -0.299 e. The summed E-state index contributed by atoms with van der Waals surface area (Å²) in [6, 6.07) is 13.4. The van der Waals surface area contributed by atoms with Gasteiger partial charge in [0.2, 0.25) is 0 Å². The van der Waals surface area contributed by atoms with Gasteiger partial charge in [-0.2, -0.15) is 0 Å². The molecule has 8 heteroatoms. The number of anilines is 1. The van der Waals surface area contributed by atoms with Crippen LogP contribution in [0.5, 0.6) is 0 Å². The van der Waals surface area contributed by atoms with Gasteiger partial charge in [-0.25, -0.2) is 0 Å². The average molecular weight is 467 g/mol. The molecule has 0 saturated carbocycles. The fourth-order valence-corrected chi connectivity index (χ4v) is 7.71. The fraction of sp³-hybridized carbons (Fsp3) is 0.217. The summed E-state index contributed by atoms with van der Waals surface area (Å²) in [5, 5.41) is 0. The largest absolute Gasteiger partial charge is 0.299 e. The van der Waals surface area contributed by atoms with E-state index in [0.29, 0.717) is 11.1 Å². The van der Waals surface area contributed by atoms with Crippen LogP contribution in [0.3, 0.4) is 0 Å². The van der Waals surface area contributed by atoms with E-state index in [1.165, 1.54) is 10.3 Å². The standard InChI is InChI=1S/C23H18N2O3S3/c1-12(24-20(27)13-8-4-5-9-14(13)21(24)28)19(26)25-16-11-7-6-10-15(16)17-18(23(25,2)3)30-31-22(17)29/h4-12H,1-3H3/t12-/m0/s1. The van der Waals surface area contributed by atoms with E-state index in [1.807, 2.05) is 38.1 Å². The second-order valence-corrected chi connectivity index (χ2v) is 10.9. The van der Waals surface area contributed by atoms with Crippen molar-refractivity contribution in [3.63, 3.8) is 0 Å². The molecule has 3 heterocycles. The third kappa shape index (κ3) is 2.71. The Morgan fingerprint density at radius 1 is 0.935 bits per heavy atom. The van der Waals surface area contributed by atoms with Gasteiger partial charge in [-0.15, -0.1) is 0 Å². The molecule has 5 nitrogen and oxygen atoms in total. The number of benzene rings is 2. The normalized spacial score (nSPS) is 17.3. The minimum absolute atomic E-state index is 0.304. The number of amides is 3. The van der Waals surface area contributed by atoms with Crippen molar-refractivity contribution in [1.82, 2.24) is 4.90 Å². The number of para-hydroxylation sites is 1. The molecule has 0 unspecified atom stereocenters. The highest BCUT2D eigenvalue weighted by Crippen LogP contribution is 2.52. The number of carbonyl (C=O) groups excluding carboxylic acids is 3. The van der Waals surface area contributed by atoms with Gasteiger partial charge in [-0.05, 0) is 39.0 Å². The summed E-state index contributed by atoms with van der Waals surface area (Å²) < 4.78 is 0.807. The van der Waals surface area contributed by atoms with E-state index in [2.05, 4.69) is 0 Å². The molecule has 1 aromatic heterocycles. The van der Waals surface area contributed by atoms with E-state index in [-0.39, 0.29) is 5.91 Å². The highest BCUT2D eigenvalue weighted by molar-refractivity contribution is 7.80. The number of hydrogen-bond acceptors (Lipinski definition) is 6. The molecular weight excluding hydrogens is 448 g/mol. The summed E-state index contributed by atoms with van der Waals surface area (Å²) in [7, 11) is 3.10. The van der Waals surface area contributed by atoms with Gasteiger partial charge in [0.1, 0.15) is 9.87 Å². The summed E-state index contributed by atoms with van der Waals surface area (Å²) >= 11 is 5.59. The first-order chi connectivity index (χ1) is 14.7. The van der Waals surface area contributed by atoms with Crippen molar-refractivity contribution < 1.29 is 14.4 Å². The summed E-state index contributed by atoms with van der Waals surface area (Å²) in [5.41, 5.74) is 2.65. The lowest BCUT2D eigenvalue weighted by Crippen LogP contribution is -2.56. The van der Waals surface area contributed by atoms with E-state index in [1.54, 1.807) is 46.4 Å². The van der Waals surface area contributed by atoms with Crippen LogP contribution < -0.4 is 4.90 Å². The van der Waals surface area contributed by atoms with Crippen molar-refractivity contribution in [1.29, 1.82) is 0 Å². The van der Waals surface area contributed by atoms with Gasteiger partial charge in [0.05, 0.1) is 27.2 Å². The maximum Gasteiger partial charge on any atom is 0.262 e. The summed E-state index contributed by atoms with van der Waals surface area (Å²) in [6.07, 6.45) is 0. The van der Waals surface area contributed by atoms with Gasteiger partial charge >= 0.3 is 0 Å². The predicted molar refractivity (Wildman–Crippen MR) is 125 cm³/mol. The first-order valence-electron chi connectivity index (χ1n) is 9.79. The molecule has 0 fully saturated rings. The van der Waals surface area contributed by atoms with Crippen molar-refractivity contribution in [3.8, 4) is 11.1 Å². The molecule has 0 saturated heterocycles. The number of rotatable bonds is 2. The molecule has 3 amide bonds. The van der Waals surface area contributed by atoms with Gasteiger partial charge in [-0.1, -0.05) is 63.2 Å². The number of nitrogens with zero attached hydrogens (tertiary/aromatic N) is 2. The van der Waals surface area contributed by atoms with Gasteiger partial charge in [0.25, 0.3) is 17.7 Å². The van der Waals surface area contributed by atoms with E-state index in [4.69, 9.17) is 12.2 Å². The quantitative estimate of drug-likeness (QED) is 0.285. The third-order valence-electron chi connectivity index (χ3n) is 5.95. The SMILES string of the molecule is C[C@@H](C(=O)N1c2ccccc2-c2c(ssc2=S)C1(C)C)N1C(=O)c2ccccc2C1=O. The lowest BCUT2D eigenvalue weighted by Gasteiger charge is -2.44. The molecule has 2 aromatic carbocycles. The molecule has 2 aliphatic heterocycles. The molecular formula is C23H18N2O3S3. The molecule has 3 aromatic rings. The first kappa shape index (κ1) is 20.2. The zero-order valence-corrected chi connectivity index (χ0v) is 19.5. The molecule has 156 valence electrons. The zero-order chi connectivity index (χ0) is 22.1. The maximum atomic E-state index is 13.9. The molecule has 0 aliphatic carbocycles. The number of hydrogen-bond donors (Lipinski definition) is 0. The Balaban J connectivity index is 1.61. The second kappa shape index (κ2) is 6.91. The second-order valence-electron chi connectivity index (χ2n) is 8.11. The minimum atomic E-state index is -0.951. The molecule has 1 atom stereocenters.